The van der Waals surface area contributed by atoms with Gasteiger partial charge in [-0.2, -0.15) is 0 Å². The molecule has 1 unspecified atom stereocenters. The predicted octanol–water partition coefficient (Wildman–Crippen LogP) is 2.44. The van der Waals surface area contributed by atoms with Crippen LogP contribution in [0.2, 0.25) is 0 Å². The Kier molecular flexibility index (Phi) is 48.2. The number of carbonyl (C=O) groups excluding carboxylic acids is 12. The van der Waals surface area contributed by atoms with Crippen LogP contribution in [0.4, 0.5) is 19.2 Å². The van der Waals surface area contributed by atoms with Gasteiger partial charge < -0.3 is 78.1 Å². The highest BCUT2D eigenvalue weighted by Gasteiger charge is 2.13. The number of esters is 8. The van der Waals surface area contributed by atoms with E-state index in [1.54, 1.807) is 6.92 Å². The molecule has 0 aliphatic rings. The lowest BCUT2D eigenvalue weighted by atomic mass is 10.3. The molecular formula is C48H70N4O24. The fourth-order valence-electron chi connectivity index (χ4n) is 4.06. The minimum Gasteiger partial charge on any atom is -0.466 e. The van der Waals surface area contributed by atoms with Crippen molar-refractivity contribution in [2.75, 3.05) is 98.9 Å². The molecule has 28 nitrogen and oxygen atoms in total. The number of hydrogen-bond donors (Lipinski definition) is 4. The Morgan fingerprint density at radius 3 is 0.921 bits per heavy atom. The number of unbranched alkanes of at least 4 members (excludes halogenated alkanes) is 1. The number of rotatable bonds is 38. The summed E-state index contributed by atoms with van der Waals surface area (Å²) in [6.45, 7) is 22.0. The van der Waals surface area contributed by atoms with Gasteiger partial charge >= 0.3 is 72.1 Å². The van der Waals surface area contributed by atoms with Gasteiger partial charge in [-0.05, 0) is 32.6 Å². The fraction of sp³-hybridized carbons (Fsp3) is 0.500. The third-order valence-corrected chi connectivity index (χ3v) is 7.58. The summed E-state index contributed by atoms with van der Waals surface area (Å²) in [4.78, 5) is 133. The van der Waals surface area contributed by atoms with Gasteiger partial charge in [0.1, 0.15) is 39.1 Å². The molecule has 426 valence electrons. The van der Waals surface area contributed by atoms with Crippen molar-refractivity contribution in [1.82, 2.24) is 21.3 Å². The highest BCUT2D eigenvalue weighted by Crippen LogP contribution is 2.00. The average Bonchev–Trinajstić information content (AvgIpc) is 3.41. The molecule has 0 aromatic heterocycles. The van der Waals surface area contributed by atoms with Crippen LogP contribution in [0.5, 0.6) is 0 Å². The second kappa shape index (κ2) is 51.2. The van der Waals surface area contributed by atoms with Gasteiger partial charge in [-0.15, -0.1) is 0 Å². The lowest BCUT2D eigenvalue weighted by Gasteiger charge is -2.14. The largest absolute Gasteiger partial charge is 0.466 e. The number of amides is 4. The molecule has 0 aromatic carbocycles. The highest BCUT2D eigenvalue weighted by atomic mass is 16.6. The van der Waals surface area contributed by atoms with Crippen molar-refractivity contribution in [2.24, 2.45) is 0 Å². The van der Waals surface area contributed by atoms with Gasteiger partial charge in [-0.25, -0.2) is 47.9 Å². The molecule has 0 rings (SSSR count). The number of alkyl carbamates (subject to hydrolysis) is 4. The molecule has 0 fully saturated rings. The Labute approximate surface area is 439 Å². The zero-order valence-electron chi connectivity index (χ0n) is 42.6. The first-order chi connectivity index (χ1) is 36.4. The molecule has 76 heavy (non-hydrogen) atoms. The van der Waals surface area contributed by atoms with Crippen molar-refractivity contribution in [3.05, 3.63) is 75.9 Å². The van der Waals surface area contributed by atoms with Crippen LogP contribution in [0, 0.1) is 0 Å². The zero-order chi connectivity index (χ0) is 57.6. The minimum atomic E-state index is -0.727. The first kappa shape index (κ1) is 71.5. The van der Waals surface area contributed by atoms with E-state index in [0.717, 1.165) is 36.5 Å². The summed E-state index contributed by atoms with van der Waals surface area (Å²) < 4.78 is 57.4. The number of hydrogen-bond acceptors (Lipinski definition) is 24. The SMILES string of the molecule is C=CC(=O)OCCCC(=O)OCC(C)OC(=O)NCCOC(=O)C=C.C=CC(=O)OCCCC(=O)OCCCCOC(=O)NCCOC(=O)C=C.C=CC(=O)OCCNC(=O)OCCCOC(=O)NCCOC(=O)C=C. The molecule has 0 bridgehead atoms. The molecule has 0 spiro atoms. The van der Waals surface area contributed by atoms with Crippen molar-refractivity contribution in [2.45, 2.75) is 58.0 Å². The number of ether oxygens (including phenoxy) is 12. The summed E-state index contributed by atoms with van der Waals surface area (Å²) in [6.07, 6.45) is 5.10. The second-order valence-electron chi connectivity index (χ2n) is 13.7. The smallest absolute Gasteiger partial charge is 0.407 e. The summed E-state index contributed by atoms with van der Waals surface area (Å²) in [7, 11) is 0. The maximum Gasteiger partial charge on any atom is 0.407 e. The van der Waals surface area contributed by atoms with E-state index in [-0.39, 0.29) is 118 Å². The van der Waals surface area contributed by atoms with Crippen molar-refractivity contribution < 1.29 is 114 Å². The molecule has 4 amide bonds. The van der Waals surface area contributed by atoms with E-state index < -0.39 is 72.3 Å². The quantitative estimate of drug-likeness (QED) is 0.0298. The summed E-state index contributed by atoms with van der Waals surface area (Å²) in [6, 6.07) is 0. The van der Waals surface area contributed by atoms with Gasteiger partial charge in [0, 0.05) is 55.7 Å². The van der Waals surface area contributed by atoms with E-state index in [1.165, 1.54) is 0 Å². The number of carbonyl (C=O) groups is 12. The van der Waals surface area contributed by atoms with Crippen LogP contribution in [0.15, 0.2) is 75.9 Å². The first-order valence-electron chi connectivity index (χ1n) is 23.1. The third-order valence-electron chi connectivity index (χ3n) is 7.58. The molecule has 28 heteroatoms. The monoisotopic (exact) mass is 1090 g/mol. The van der Waals surface area contributed by atoms with Crippen LogP contribution in [0.3, 0.4) is 0 Å². The topological polar surface area (TPSA) is 364 Å². The van der Waals surface area contributed by atoms with Crippen molar-refractivity contribution in [1.29, 1.82) is 0 Å². The Bertz CT molecular complexity index is 1790. The Morgan fingerprint density at radius 1 is 0.329 bits per heavy atom. The lowest BCUT2D eigenvalue weighted by molar-refractivity contribution is -0.148. The molecule has 1 atom stereocenters. The van der Waals surface area contributed by atoms with Gasteiger partial charge in [0.25, 0.3) is 0 Å². The van der Waals surface area contributed by atoms with Crippen LogP contribution in [-0.2, 0) is 95.2 Å². The fourth-order valence-corrected chi connectivity index (χ4v) is 4.06. The average molecular weight is 1090 g/mol. The van der Waals surface area contributed by atoms with E-state index in [2.05, 4.69) is 79.7 Å². The van der Waals surface area contributed by atoms with Gasteiger partial charge in [-0.3, -0.25) is 9.59 Å². The molecule has 0 aromatic rings. The minimum absolute atomic E-state index is 0.00530. The van der Waals surface area contributed by atoms with Crippen LogP contribution >= 0.6 is 0 Å². The molecule has 0 saturated heterocycles. The molecule has 0 radical (unpaired) electrons. The summed E-state index contributed by atoms with van der Waals surface area (Å²) in [5.74, 6) is -4.27. The molecular weight excluding hydrogens is 1020 g/mol. The van der Waals surface area contributed by atoms with E-state index in [1.807, 2.05) is 0 Å². The van der Waals surface area contributed by atoms with Crippen LogP contribution in [0.1, 0.15) is 51.9 Å². The van der Waals surface area contributed by atoms with Gasteiger partial charge in [0.05, 0.1) is 65.8 Å². The zero-order valence-corrected chi connectivity index (χ0v) is 42.6. The van der Waals surface area contributed by atoms with Crippen molar-refractivity contribution in [3.63, 3.8) is 0 Å². The van der Waals surface area contributed by atoms with E-state index >= 15 is 0 Å². The Morgan fingerprint density at radius 2 is 0.592 bits per heavy atom. The molecule has 4 N–H and O–H groups in total. The maximum atomic E-state index is 11.5. The lowest BCUT2D eigenvalue weighted by Crippen LogP contribution is -2.32. The third kappa shape index (κ3) is 53.1. The van der Waals surface area contributed by atoms with E-state index in [0.29, 0.717) is 32.1 Å². The first-order valence-corrected chi connectivity index (χ1v) is 23.1. The normalized spacial score (nSPS) is 9.86. The van der Waals surface area contributed by atoms with Crippen LogP contribution in [-0.4, -0.2) is 177 Å². The number of nitrogens with one attached hydrogen (secondary N) is 4. The van der Waals surface area contributed by atoms with Crippen molar-refractivity contribution in [3.8, 4) is 0 Å². The van der Waals surface area contributed by atoms with Crippen LogP contribution in [0.25, 0.3) is 0 Å². The van der Waals surface area contributed by atoms with Crippen molar-refractivity contribution >= 4 is 72.1 Å². The van der Waals surface area contributed by atoms with Crippen LogP contribution < -0.4 is 21.3 Å². The molecule has 0 aliphatic heterocycles. The van der Waals surface area contributed by atoms with Gasteiger partial charge in [0.15, 0.2) is 0 Å². The van der Waals surface area contributed by atoms with Gasteiger partial charge in [0.2, 0.25) is 0 Å². The molecule has 0 aliphatic carbocycles. The second-order valence-corrected chi connectivity index (χ2v) is 13.7. The highest BCUT2D eigenvalue weighted by molar-refractivity contribution is 5.83. The maximum absolute atomic E-state index is 11.5. The summed E-state index contributed by atoms with van der Waals surface area (Å²) >= 11 is 0. The van der Waals surface area contributed by atoms with E-state index in [9.17, 15) is 57.5 Å². The van der Waals surface area contributed by atoms with E-state index in [4.69, 9.17) is 37.9 Å². The predicted molar refractivity (Wildman–Crippen MR) is 263 cm³/mol. The standard InChI is InChI=1S/C17H25NO8.C16H23NO8.C15H22N2O8/c1-3-14(19)23-12-7-8-16(21)24-10-5-6-11-26-17(22)18-9-13-25-15(20)4-2;1-4-13(18)22-9-6-7-15(20)24-11-12(3)25-16(21)17-8-10-23-14(19)5-2;1-3-12(18)22-10-6-16-14(20)24-8-5-9-25-15(21)17-7-11-23-13(19)4-2/h3-4H,1-2,5-13H2,(H,18,22);4-5,12H,1-2,6-11H2,3H3,(H,17,21);3-4H,1-2,5-11H2,(H,16,20)(H,17,21). The summed E-state index contributed by atoms with van der Waals surface area (Å²) in [5, 5.41) is 9.52. The molecule has 0 heterocycles. The van der Waals surface area contributed by atoms with Gasteiger partial charge in [-0.1, -0.05) is 39.5 Å². The molecule has 0 saturated carbocycles. The Hall–Kier alpha value is -8.72. The summed E-state index contributed by atoms with van der Waals surface area (Å²) in [5.41, 5.74) is 0. The Balaban J connectivity index is -0.00000105.